The Morgan fingerprint density at radius 2 is 1.85 bits per heavy atom. The number of rotatable bonds is 8. The highest BCUT2D eigenvalue weighted by atomic mass is 32.2. The fourth-order valence-corrected chi connectivity index (χ4v) is 3.19. The summed E-state index contributed by atoms with van der Waals surface area (Å²) in [5, 5.41) is 3.52. The first-order valence-electron chi connectivity index (χ1n) is 8.39. The molecule has 2 N–H and O–H groups in total. The molecule has 0 spiro atoms. The van der Waals surface area contributed by atoms with Gasteiger partial charge >= 0.3 is 0 Å². The van der Waals surface area contributed by atoms with Crippen molar-refractivity contribution < 1.29 is 19.0 Å². The van der Waals surface area contributed by atoms with Gasteiger partial charge in [0.15, 0.2) is 5.16 Å². The van der Waals surface area contributed by atoms with Crippen LogP contribution in [-0.4, -0.2) is 42.5 Å². The molecule has 3 rings (SSSR count). The van der Waals surface area contributed by atoms with E-state index in [2.05, 4.69) is 15.3 Å². The highest BCUT2D eigenvalue weighted by Gasteiger charge is 2.10. The molecule has 0 saturated carbocycles. The van der Waals surface area contributed by atoms with E-state index in [4.69, 9.17) is 14.2 Å². The number of thioether (sulfide) groups is 1. The topological polar surface area (TPSA) is 85.5 Å². The van der Waals surface area contributed by atoms with Crippen molar-refractivity contribution in [1.29, 1.82) is 0 Å². The summed E-state index contributed by atoms with van der Waals surface area (Å²) in [4.78, 5) is 19.9. The van der Waals surface area contributed by atoms with Gasteiger partial charge < -0.3 is 24.5 Å². The van der Waals surface area contributed by atoms with Crippen molar-refractivity contribution in [2.45, 2.75) is 12.1 Å². The van der Waals surface area contributed by atoms with Crippen LogP contribution in [0.15, 0.2) is 41.6 Å². The lowest BCUT2D eigenvalue weighted by atomic mass is 10.2. The van der Waals surface area contributed by atoms with Crippen LogP contribution in [0.1, 0.15) is 6.92 Å². The van der Waals surface area contributed by atoms with E-state index in [1.165, 1.54) is 11.8 Å². The van der Waals surface area contributed by atoms with Gasteiger partial charge in [-0.3, -0.25) is 4.79 Å². The number of fused-ring (bicyclic) bond motifs is 1. The number of methoxy groups -OCH3 is 2. The lowest BCUT2D eigenvalue weighted by Crippen LogP contribution is -2.14. The summed E-state index contributed by atoms with van der Waals surface area (Å²) in [7, 11) is 3.13. The van der Waals surface area contributed by atoms with E-state index in [1.807, 2.05) is 25.1 Å². The number of hydrogen-bond donors (Lipinski definition) is 2. The van der Waals surface area contributed by atoms with Crippen molar-refractivity contribution in [3.63, 3.8) is 0 Å². The molecule has 1 amide bonds. The summed E-state index contributed by atoms with van der Waals surface area (Å²) in [5.74, 6) is 2.08. The summed E-state index contributed by atoms with van der Waals surface area (Å²) in [6, 6.07) is 10.9. The lowest BCUT2D eigenvalue weighted by Gasteiger charge is -2.09. The molecule has 142 valence electrons. The number of ether oxygens (including phenoxy) is 3. The van der Waals surface area contributed by atoms with Crippen LogP contribution in [0.3, 0.4) is 0 Å². The molecule has 0 bridgehead atoms. The van der Waals surface area contributed by atoms with Crippen LogP contribution < -0.4 is 19.5 Å². The molecule has 27 heavy (non-hydrogen) atoms. The van der Waals surface area contributed by atoms with Crippen LogP contribution in [0.2, 0.25) is 0 Å². The molecule has 3 aromatic rings. The largest absolute Gasteiger partial charge is 0.497 e. The van der Waals surface area contributed by atoms with Crippen molar-refractivity contribution in [3.8, 4) is 17.2 Å². The second-order valence-corrected chi connectivity index (χ2v) is 6.56. The quantitative estimate of drug-likeness (QED) is 0.573. The van der Waals surface area contributed by atoms with Gasteiger partial charge in [0, 0.05) is 30.0 Å². The molecule has 7 nitrogen and oxygen atoms in total. The van der Waals surface area contributed by atoms with Crippen molar-refractivity contribution in [3.05, 3.63) is 36.4 Å². The average Bonchev–Trinajstić information content (AvgIpc) is 3.08. The van der Waals surface area contributed by atoms with Crippen molar-refractivity contribution in [1.82, 2.24) is 9.97 Å². The van der Waals surface area contributed by atoms with E-state index in [0.717, 1.165) is 16.8 Å². The molecule has 8 heteroatoms. The van der Waals surface area contributed by atoms with Gasteiger partial charge in [0.1, 0.15) is 17.2 Å². The maximum atomic E-state index is 12.3. The van der Waals surface area contributed by atoms with Crippen molar-refractivity contribution >= 4 is 34.4 Å². The first kappa shape index (κ1) is 18.9. The first-order valence-corrected chi connectivity index (χ1v) is 9.38. The Labute approximate surface area is 161 Å². The second-order valence-electron chi connectivity index (χ2n) is 5.59. The summed E-state index contributed by atoms with van der Waals surface area (Å²) in [6.07, 6.45) is 0. The molecular weight excluding hydrogens is 366 g/mol. The number of benzene rings is 2. The normalized spacial score (nSPS) is 10.6. The standard InChI is InChI=1S/C19H21N3O4S/c1-4-26-13-5-6-16-17(10-13)22-19(21-16)27-11-18(23)20-12-7-14(24-2)9-15(8-12)25-3/h5-10H,4,11H2,1-3H3,(H,20,23)(H,21,22). The number of H-pyrrole nitrogens is 1. The minimum absolute atomic E-state index is 0.147. The number of nitrogens with one attached hydrogen (secondary N) is 2. The monoisotopic (exact) mass is 387 g/mol. The number of anilines is 1. The minimum Gasteiger partial charge on any atom is -0.497 e. The number of aromatic nitrogens is 2. The average molecular weight is 387 g/mol. The van der Waals surface area contributed by atoms with Gasteiger partial charge in [-0.15, -0.1) is 0 Å². The van der Waals surface area contributed by atoms with Gasteiger partial charge in [-0.05, 0) is 19.1 Å². The fraction of sp³-hybridized carbons (Fsp3) is 0.263. The van der Waals surface area contributed by atoms with Crippen molar-refractivity contribution in [2.24, 2.45) is 0 Å². The number of imidazole rings is 1. The molecule has 1 aromatic heterocycles. The summed E-state index contributed by atoms with van der Waals surface area (Å²) in [6.45, 7) is 2.55. The highest BCUT2D eigenvalue weighted by Crippen LogP contribution is 2.27. The zero-order valence-corrected chi connectivity index (χ0v) is 16.2. The second kappa shape index (κ2) is 8.68. The van der Waals surface area contributed by atoms with Crippen LogP contribution >= 0.6 is 11.8 Å². The van der Waals surface area contributed by atoms with E-state index in [0.29, 0.717) is 28.9 Å². The SMILES string of the molecule is CCOc1ccc2nc(SCC(=O)Nc3cc(OC)cc(OC)c3)[nH]c2c1. The third kappa shape index (κ3) is 4.85. The zero-order valence-electron chi connectivity index (χ0n) is 15.4. The van der Waals surface area contributed by atoms with E-state index in [1.54, 1.807) is 32.4 Å². The van der Waals surface area contributed by atoms with Gasteiger partial charge in [0.05, 0.1) is 37.6 Å². The molecule has 0 radical (unpaired) electrons. The maximum absolute atomic E-state index is 12.3. The first-order chi connectivity index (χ1) is 13.1. The number of amides is 1. The number of aromatic amines is 1. The number of carbonyl (C=O) groups excluding carboxylic acids is 1. The molecule has 0 aliphatic carbocycles. The molecule has 0 fully saturated rings. The van der Waals surface area contributed by atoms with E-state index >= 15 is 0 Å². The van der Waals surface area contributed by atoms with Gasteiger partial charge in [-0.25, -0.2) is 4.98 Å². The predicted molar refractivity (Wildman–Crippen MR) is 106 cm³/mol. The van der Waals surface area contributed by atoms with Gasteiger partial charge in [-0.1, -0.05) is 11.8 Å². The molecule has 0 unspecified atom stereocenters. The minimum atomic E-state index is -0.147. The maximum Gasteiger partial charge on any atom is 0.234 e. The van der Waals surface area contributed by atoms with E-state index in [9.17, 15) is 4.79 Å². The van der Waals surface area contributed by atoms with Crippen LogP contribution in [-0.2, 0) is 4.79 Å². The van der Waals surface area contributed by atoms with Gasteiger partial charge in [0.2, 0.25) is 5.91 Å². The molecule has 0 atom stereocenters. The molecule has 0 aliphatic heterocycles. The Hall–Kier alpha value is -2.87. The van der Waals surface area contributed by atoms with E-state index < -0.39 is 0 Å². The smallest absolute Gasteiger partial charge is 0.234 e. The Balaban J connectivity index is 1.63. The Kier molecular flexibility index (Phi) is 6.08. The molecule has 2 aromatic carbocycles. The highest BCUT2D eigenvalue weighted by molar-refractivity contribution is 7.99. The number of carbonyl (C=O) groups is 1. The van der Waals surface area contributed by atoms with Crippen LogP contribution in [0.5, 0.6) is 17.2 Å². The lowest BCUT2D eigenvalue weighted by molar-refractivity contribution is -0.113. The third-order valence-corrected chi connectivity index (χ3v) is 4.59. The Morgan fingerprint density at radius 1 is 1.11 bits per heavy atom. The van der Waals surface area contributed by atoms with Crippen molar-refractivity contribution in [2.75, 3.05) is 31.9 Å². The molecular formula is C19H21N3O4S. The Morgan fingerprint density at radius 3 is 2.52 bits per heavy atom. The summed E-state index contributed by atoms with van der Waals surface area (Å²) < 4.78 is 15.9. The van der Waals surface area contributed by atoms with Crippen LogP contribution in [0.25, 0.3) is 11.0 Å². The van der Waals surface area contributed by atoms with Gasteiger partial charge in [0.25, 0.3) is 0 Å². The zero-order chi connectivity index (χ0) is 19.2. The third-order valence-electron chi connectivity index (χ3n) is 3.72. The summed E-state index contributed by atoms with van der Waals surface area (Å²) in [5.41, 5.74) is 2.32. The molecule has 0 saturated heterocycles. The Bertz CT molecular complexity index is 920. The van der Waals surface area contributed by atoms with Crippen LogP contribution in [0, 0.1) is 0 Å². The van der Waals surface area contributed by atoms with Gasteiger partial charge in [-0.2, -0.15) is 0 Å². The van der Waals surface area contributed by atoms with Crippen LogP contribution in [0.4, 0.5) is 5.69 Å². The van der Waals surface area contributed by atoms with E-state index in [-0.39, 0.29) is 11.7 Å². The molecule has 1 heterocycles. The number of nitrogens with zero attached hydrogens (tertiary/aromatic N) is 1. The predicted octanol–water partition coefficient (Wildman–Crippen LogP) is 3.71. The number of hydrogen-bond acceptors (Lipinski definition) is 6. The summed E-state index contributed by atoms with van der Waals surface area (Å²) >= 11 is 1.33. The molecule has 0 aliphatic rings. The fourth-order valence-electron chi connectivity index (χ4n) is 2.50.